The van der Waals surface area contributed by atoms with Crippen LogP contribution in [0.2, 0.25) is 0 Å². The quantitative estimate of drug-likeness (QED) is 0.612. The minimum atomic E-state index is -0.651. The van der Waals surface area contributed by atoms with E-state index in [2.05, 4.69) is 10.1 Å². The number of ketones is 1. The topological polar surface area (TPSA) is 94.8 Å². The number of nitrogens with one attached hydrogen (secondary N) is 1. The van der Waals surface area contributed by atoms with E-state index in [9.17, 15) is 14.4 Å². The highest BCUT2D eigenvalue weighted by Gasteiger charge is 2.23. The van der Waals surface area contributed by atoms with Crippen molar-refractivity contribution in [2.24, 2.45) is 0 Å². The van der Waals surface area contributed by atoms with Gasteiger partial charge in [0.2, 0.25) is 0 Å². The smallest absolute Gasteiger partial charge is 0.407 e. The van der Waals surface area contributed by atoms with Gasteiger partial charge in [-0.3, -0.25) is 9.59 Å². The molecule has 0 aliphatic carbocycles. The van der Waals surface area contributed by atoms with Gasteiger partial charge < -0.3 is 19.2 Å². The summed E-state index contributed by atoms with van der Waals surface area (Å²) >= 11 is 0. The molecule has 1 heterocycles. The lowest BCUT2D eigenvalue weighted by Crippen LogP contribution is -2.40. The van der Waals surface area contributed by atoms with Crippen LogP contribution in [0.5, 0.6) is 0 Å². The molecule has 0 unspecified atom stereocenters. The van der Waals surface area contributed by atoms with Crippen LogP contribution in [0.25, 0.3) is 0 Å². The second kappa shape index (κ2) is 8.36. The summed E-state index contributed by atoms with van der Waals surface area (Å²) in [7, 11) is 1.28. The molecule has 1 rings (SSSR count). The maximum atomic E-state index is 12.1. The molecule has 7 nitrogen and oxygen atoms in total. The van der Waals surface area contributed by atoms with Crippen LogP contribution in [-0.4, -0.2) is 36.6 Å². The summed E-state index contributed by atoms with van der Waals surface area (Å²) in [5.41, 5.74) is -0.651. The van der Waals surface area contributed by atoms with Crippen LogP contribution in [0.1, 0.15) is 50.6 Å². The minimum Gasteiger partial charge on any atom is -0.469 e. The molecule has 0 saturated carbocycles. The van der Waals surface area contributed by atoms with E-state index in [0.717, 1.165) is 0 Å². The number of rotatable bonds is 7. The first kappa shape index (κ1) is 18.7. The number of furan rings is 1. The number of methoxy groups -OCH3 is 1. The van der Waals surface area contributed by atoms with E-state index in [4.69, 9.17) is 9.15 Å². The van der Waals surface area contributed by atoms with Crippen LogP contribution in [0.3, 0.4) is 0 Å². The summed E-state index contributed by atoms with van der Waals surface area (Å²) in [5.74, 6) is -0.466. The Morgan fingerprint density at radius 3 is 2.52 bits per heavy atom. The van der Waals surface area contributed by atoms with E-state index in [-0.39, 0.29) is 30.8 Å². The zero-order valence-corrected chi connectivity index (χ0v) is 13.9. The number of amides is 1. The molecule has 7 heteroatoms. The summed E-state index contributed by atoms with van der Waals surface area (Å²) in [6.07, 6.45) is 1.11. The Kier molecular flexibility index (Phi) is 6.81. The molecule has 0 fully saturated rings. The van der Waals surface area contributed by atoms with Gasteiger partial charge >= 0.3 is 12.1 Å². The molecule has 23 heavy (non-hydrogen) atoms. The van der Waals surface area contributed by atoms with Gasteiger partial charge in [0.15, 0.2) is 11.5 Å². The molecule has 0 aliphatic heterocycles. The van der Waals surface area contributed by atoms with Crippen LogP contribution >= 0.6 is 0 Å². The fraction of sp³-hybridized carbons (Fsp3) is 0.562. The van der Waals surface area contributed by atoms with Crippen molar-refractivity contribution >= 4 is 17.8 Å². The largest absolute Gasteiger partial charge is 0.469 e. The number of carbonyl (C=O) groups excluding carboxylic acids is 3. The van der Waals surface area contributed by atoms with Crippen molar-refractivity contribution in [2.45, 2.75) is 51.7 Å². The zero-order chi connectivity index (χ0) is 17.5. The normalized spacial score (nSPS) is 12.3. The van der Waals surface area contributed by atoms with Gasteiger partial charge in [-0.05, 0) is 39.3 Å². The number of esters is 1. The summed E-state index contributed by atoms with van der Waals surface area (Å²) in [5, 5.41) is 2.61. The summed E-state index contributed by atoms with van der Waals surface area (Å²) < 4.78 is 14.8. The maximum Gasteiger partial charge on any atom is 0.407 e. The molecule has 0 bridgehead atoms. The summed E-state index contributed by atoms with van der Waals surface area (Å²) in [6.45, 7) is 5.22. The third-order valence-electron chi connectivity index (χ3n) is 2.87. The van der Waals surface area contributed by atoms with Gasteiger partial charge in [-0.1, -0.05) is 0 Å². The lowest BCUT2D eigenvalue weighted by molar-refractivity contribution is -0.140. The predicted octanol–water partition coefficient (Wildman–Crippen LogP) is 2.70. The highest BCUT2D eigenvalue weighted by atomic mass is 16.6. The zero-order valence-electron chi connectivity index (χ0n) is 13.9. The van der Waals surface area contributed by atoms with E-state index in [1.54, 1.807) is 32.9 Å². The monoisotopic (exact) mass is 325 g/mol. The maximum absolute atomic E-state index is 12.1. The van der Waals surface area contributed by atoms with Crippen LogP contribution in [0.4, 0.5) is 4.79 Å². The van der Waals surface area contributed by atoms with E-state index < -0.39 is 23.7 Å². The highest BCUT2D eigenvalue weighted by Crippen LogP contribution is 2.12. The predicted molar refractivity (Wildman–Crippen MR) is 82.1 cm³/mol. The lowest BCUT2D eigenvalue weighted by atomic mass is 10.0. The Hall–Kier alpha value is -2.31. The van der Waals surface area contributed by atoms with Crippen molar-refractivity contribution in [1.82, 2.24) is 5.32 Å². The molecule has 0 aliphatic rings. The molecule has 128 valence electrons. The third-order valence-corrected chi connectivity index (χ3v) is 2.87. The number of Topliss-reactive ketones (excluding diaryl/α,β-unsaturated/α-hetero) is 1. The fourth-order valence-corrected chi connectivity index (χ4v) is 1.86. The van der Waals surface area contributed by atoms with Gasteiger partial charge in [0.25, 0.3) is 0 Å². The average Bonchev–Trinajstić information content (AvgIpc) is 2.96. The van der Waals surface area contributed by atoms with E-state index in [1.165, 1.54) is 13.4 Å². The number of hydrogen-bond donors (Lipinski definition) is 1. The first-order valence-corrected chi connectivity index (χ1v) is 7.34. The molecule has 0 saturated heterocycles. The molecule has 1 atom stereocenters. The first-order valence-electron chi connectivity index (χ1n) is 7.34. The van der Waals surface area contributed by atoms with Crippen LogP contribution < -0.4 is 5.32 Å². The first-order chi connectivity index (χ1) is 10.7. The Morgan fingerprint density at radius 2 is 2.00 bits per heavy atom. The Morgan fingerprint density at radius 1 is 1.30 bits per heavy atom. The molecular weight excluding hydrogens is 302 g/mol. The summed E-state index contributed by atoms with van der Waals surface area (Å²) in [6, 6.07) is 2.60. The Bertz CT molecular complexity index is 529. The molecule has 0 radical (unpaired) electrons. The number of alkyl carbamates (subject to hydrolysis) is 1. The third kappa shape index (κ3) is 7.49. The number of carbonyl (C=O) groups is 3. The SMILES string of the molecule is COC(=O)CC[C@@H](CC(=O)c1ccco1)NC(=O)OC(C)(C)C. The molecule has 1 amide bonds. The average molecular weight is 325 g/mol. The van der Waals surface area contributed by atoms with Gasteiger partial charge in [-0.25, -0.2) is 4.79 Å². The molecule has 1 aromatic heterocycles. The van der Waals surface area contributed by atoms with E-state index in [0.29, 0.717) is 0 Å². The number of ether oxygens (including phenoxy) is 2. The van der Waals surface area contributed by atoms with Crippen molar-refractivity contribution in [3.8, 4) is 0 Å². The van der Waals surface area contributed by atoms with E-state index in [1.807, 2.05) is 0 Å². The summed E-state index contributed by atoms with van der Waals surface area (Å²) in [4.78, 5) is 35.2. The Balaban J connectivity index is 2.66. The molecular formula is C16H23NO6. The Labute approximate surface area is 135 Å². The van der Waals surface area contributed by atoms with E-state index >= 15 is 0 Å². The van der Waals surface area contributed by atoms with Crippen LogP contribution in [0, 0.1) is 0 Å². The number of hydrogen-bond acceptors (Lipinski definition) is 6. The van der Waals surface area contributed by atoms with Gasteiger partial charge in [0.05, 0.1) is 13.4 Å². The van der Waals surface area contributed by atoms with Crippen LogP contribution in [0.15, 0.2) is 22.8 Å². The van der Waals surface area contributed by atoms with Crippen molar-refractivity contribution in [3.63, 3.8) is 0 Å². The van der Waals surface area contributed by atoms with Crippen LogP contribution in [-0.2, 0) is 14.3 Å². The van der Waals surface area contributed by atoms with Gasteiger partial charge in [-0.2, -0.15) is 0 Å². The van der Waals surface area contributed by atoms with Crippen molar-refractivity contribution < 1.29 is 28.3 Å². The van der Waals surface area contributed by atoms with Gasteiger partial charge in [-0.15, -0.1) is 0 Å². The molecule has 1 aromatic rings. The fourth-order valence-electron chi connectivity index (χ4n) is 1.86. The second-order valence-corrected chi connectivity index (χ2v) is 6.06. The van der Waals surface area contributed by atoms with Gasteiger partial charge in [0, 0.05) is 18.9 Å². The molecule has 0 aromatic carbocycles. The van der Waals surface area contributed by atoms with Crippen molar-refractivity contribution in [1.29, 1.82) is 0 Å². The molecule has 0 spiro atoms. The lowest BCUT2D eigenvalue weighted by Gasteiger charge is -2.23. The second-order valence-electron chi connectivity index (χ2n) is 6.06. The minimum absolute atomic E-state index is 0.00372. The highest BCUT2D eigenvalue weighted by molar-refractivity contribution is 5.94. The van der Waals surface area contributed by atoms with Crippen molar-refractivity contribution in [3.05, 3.63) is 24.2 Å². The van der Waals surface area contributed by atoms with Gasteiger partial charge in [0.1, 0.15) is 5.60 Å². The molecule has 1 N–H and O–H groups in total. The van der Waals surface area contributed by atoms with Crippen molar-refractivity contribution in [2.75, 3.05) is 7.11 Å². The standard InChI is InChI=1S/C16H23NO6/c1-16(2,3)23-15(20)17-11(7-8-14(19)21-4)10-12(18)13-6-5-9-22-13/h5-6,9,11H,7-8,10H2,1-4H3,(H,17,20)/t11-/m0/s1.